The van der Waals surface area contributed by atoms with E-state index in [-0.39, 0.29) is 17.2 Å². The van der Waals surface area contributed by atoms with Crippen LogP contribution in [0.15, 0.2) is 66.7 Å². The number of nitrogens with zero attached hydrogens (tertiary/aromatic N) is 3. The van der Waals surface area contributed by atoms with Gasteiger partial charge in [-0.15, -0.1) is 0 Å². The minimum absolute atomic E-state index is 0.0354. The number of likely N-dealkylation sites (N-methyl/N-ethyl adjacent to an activating group) is 1. The van der Waals surface area contributed by atoms with Gasteiger partial charge >= 0.3 is 6.18 Å². The number of benzene rings is 3. The number of alkyl halides is 3. The number of halogens is 3. The molecule has 0 saturated carbocycles. The van der Waals surface area contributed by atoms with Crippen LogP contribution in [-0.2, 0) is 11.0 Å². The molecule has 2 amide bonds. The normalized spacial score (nSPS) is 14.7. The number of amides is 2. The highest BCUT2D eigenvalue weighted by molar-refractivity contribution is 7.22. The first-order valence-corrected chi connectivity index (χ1v) is 13.3. The van der Waals surface area contributed by atoms with Gasteiger partial charge in [-0.1, -0.05) is 23.5 Å². The van der Waals surface area contributed by atoms with E-state index in [1.165, 1.54) is 29.5 Å². The average Bonchev–Trinajstić information content (AvgIpc) is 3.31. The van der Waals surface area contributed by atoms with Crippen LogP contribution in [0.4, 0.5) is 24.0 Å². The van der Waals surface area contributed by atoms with Gasteiger partial charge in [-0.3, -0.25) is 14.5 Å². The summed E-state index contributed by atoms with van der Waals surface area (Å²) >= 11 is 1.33. The number of nitrogens with one attached hydrogen (secondary N) is 2. The number of thiazole rings is 1. The molecule has 3 aromatic carbocycles. The van der Waals surface area contributed by atoms with E-state index in [9.17, 15) is 22.8 Å². The highest BCUT2D eigenvalue weighted by Crippen LogP contribution is 2.32. The second-order valence-electron chi connectivity index (χ2n) is 9.44. The molecule has 0 atom stereocenters. The molecule has 5 rings (SSSR count). The van der Waals surface area contributed by atoms with E-state index in [1.807, 2.05) is 0 Å². The lowest BCUT2D eigenvalue weighted by atomic mass is 10.1. The molecule has 0 unspecified atom stereocenters. The Balaban J connectivity index is 1.22. The predicted octanol–water partition coefficient (Wildman–Crippen LogP) is 5.55. The van der Waals surface area contributed by atoms with Crippen molar-refractivity contribution in [2.24, 2.45) is 0 Å². The zero-order chi connectivity index (χ0) is 28.3. The maximum absolute atomic E-state index is 13.0. The number of ether oxygens (including phenoxy) is 1. The number of piperazine rings is 1. The van der Waals surface area contributed by atoms with Gasteiger partial charge in [0.05, 0.1) is 22.3 Å². The van der Waals surface area contributed by atoms with Crippen molar-refractivity contribution < 1.29 is 27.5 Å². The number of aromatic nitrogens is 1. The number of anilines is 2. The van der Waals surface area contributed by atoms with Crippen LogP contribution in [0.2, 0.25) is 0 Å². The molecule has 1 aliphatic rings. The molecule has 40 heavy (non-hydrogen) atoms. The van der Waals surface area contributed by atoms with Crippen LogP contribution in [0.5, 0.6) is 11.5 Å². The fourth-order valence-electron chi connectivity index (χ4n) is 4.20. The number of carbonyl (C=O) groups is 2. The van der Waals surface area contributed by atoms with Crippen LogP contribution in [0.25, 0.3) is 10.2 Å². The summed E-state index contributed by atoms with van der Waals surface area (Å²) in [6, 6.07) is 16.1. The Morgan fingerprint density at radius 1 is 0.950 bits per heavy atom. The van der Waals surface area contributed by atoms with Gasteiger partial charge in [-0.25, -0.2) is 4.98 Å². The fraction of sp³-hybridized carbons (Fsp3) is 0.250. The van der Waals surface area contributed by atoms with Crippen molar-refractivity contribution in [2.75, 3.05) is 50.4 Å². The van der Waals surface area contributed by atoms with Crippen molar-refractivity contribution in [3.05, 3.63) is 77.9 Å². The van der Waals surface area contributed by atoms with Gasteiger partial charge in [-0.05, 0) is 55.6 Å². The molecule has 4 aromatic rings. The average molecular weight is 570 g/mol. The third-order valence-electron chi connectivity index (χ3n) is 6.35. The number of hydrogen-bond acceptors (Lipinski definition) is 7. The Morgan fingerprint density at radius 2 is 1.70 bits per heavy atom. The summed E-state index contributed by atoms with van der Waals surface area (Å²) in [5, 5.41) is 5.87. The molecule has 0 bridgehead atoms. The van der Waals surface area contributed by atoms with E-state index < -0.39 is 17.6 Å². The quantitative estimate of drug-likeness (QED) is 0.304. The zero-order valence-corrected chi connectivity index (χ0v) is 22.3. The SMILES string of the molecule is CN1CCN(CC(=O)Nc2nc3ccc(Oc4cccc(C(=O)Nc5cccc(C(F)(F)F)c5)c4)cc3s2)CC1. The molecule has 1 aliphatic heterocycles. The monoisotopic (exact) mass is 569 g/mol. The first kappa shape index (κ1) is 27.6. The zero-order valence-electron chi connectivity index (χ0n) is 21.5. The van der Waals surface area contributed by atoms with Crippen LogP contribution in [0.3, 0.4) is 0 Å². The summed E-state index contributed by atoms with van der Waals surface area (Å²) in [6.45, 7) is 3.87. The Hall–Kier alpha value is -4.00. The van der Waals surface area contributed by atoms with Crippen molar-refractivity contribution in [2.45, 2.75) is 6.18 Å². The molecule has 208 valence electrons. The summed E-state index contributed by atoms with van der Waals surface area (Å²) < 4.78 is 45.7. The van der Waals surface area contributed by atoms with Crippen molar-refractivity contribution >= 4 is 44.2 Å². The van der Waals surface area contributed by atoms with Crippen molar-refractivity contribution in [1.29, 1.82) is 0 Å². The Kier molecular flexibility index (Phi) is 8.01. The first-order chi connectivity index (χ1) is 19.1. The van der Waals surface area contributed by atoms with E-state index in [0.717, 1.165) is 43.0 Å². The topological polar surface area (TPSA) is 86.8 Å². The Bertz CT molecular complexity index is 1530. The summed E-state index contributed by atoms with van der Waals surface area (Å²) in [5.74, 6) is 0.197. The van der Waals surface area contributed by atoms with Crippen LogP contribution < -0.4 is 15.4 Å². The van der Waals surface area contributed by atoms with Crippen LogP contribution in [-0.4, -0.2) is 66.4 Å². The van der Waals surface area contributed by atoms with Gasteiger partial charge in [0.2, 0.25) is 5.91 Å². The predicted molar refractivity (Wildman–Crippen MR) is 148 cm³/mol. The summed E-state index contributed by atoms with van der Waals surface area (Å²) in [5.41, 5.74) is 0.118. The van der Waals surface area contributed by atoms with Crippen molar-refractivity contribution in [1.82, 2.24) is 14.8 Å². The molecular weight excluding hydrogens is 543 g/mol. The summed E-state index contributed by atoms with van der Waals surface area (Å²) in [4.78, 5) is 34.0. The molecule has 1 aromatic heterocycles. The van der Waals surface area contributed by atoms with Crippen molar-refractivity contribution in [3.8, 4) is 11.5 Å². The molecule has 1 fully saturated rings. The number of carbonyl (C=O) groups excluding carboxylic acids is 2. The minimum Gasteiger partial charge on any atom is -0.457 e. The van der Waals surface area contributed by atoms with Gasteiger partial charge in [0, 0.05) is 43.5 Å². The first-order valence-electron chi connectivity index (χ1n) is 12.5. The number of hydrogen-bond donors (Lipinski definition) is 2. The summed E-state index contributed by atoms with van der Waals surface area (Å²) in [6.07, 6.45) is -4.51. The van der Waals surface area contributed by atoms with E-state index in [1.54, 1.807) is 36.4 Å². The van der Waals surface area contributed by atoms with Crippen LogP contribution >= 0.6 is 11.3 Å². The molecule has 8 nitrogen and oxygen atoms in total. The smallest absolute Gasteiger partial charge is 0.416 e. The standard InChI is InChI=1S/C28H26F3N5O3S/c1-35-10-12-36(13-11-35)17-25(37)34-27-33-23-9-8-22(16-24(23)40-27)39-21-7-2-4-18(14-21)26(38)32-20-6-3-5-19(15-20)28(29,30)31/h2-9,14-16H,10-13,17H2,1H3,(H,32,38)(H,33,34,37). The fourth-order valence-corrected chi connectivity index (χ4v) is 5.11. The van der Waals surface area contributed by atoms with Crippen molar-refractivity contribution in [3.63, 3.8) is 0 Å². The maximum atomic E-state index is 13.0. The molecule has 2 N–H and O–H groups in total. The van der Waals surface area contributed by atoms with Gasteiger partial charge < -0.3 is 20.3 Å². The van der Waals surface area contributed by atoms with E-state index in [4.69, 9.17) is 4.74 Å². The van der Waals surface area contributed by atoms with E-state index in [2.05, 4.69) is 32.5 Å². The maximum Gasteiger partial charge on any atom is 0.416 e. The van der Waals surface area contributed by atoms with Gasteiger partial charge in [0.15, 0.2) is 5.13 Å². The second-order valence-corrected chi connectivity index (χ2v) is 10.5. The highest BCUT2D eigenvalue weighted by atomic mass is 32.1. The summed E-state index contributed by atoms with van der Waals surface area (Å²) in [7, 11) is 2.06. The third-order valence-corrected chi connectivity index (χ3v) is 7.28. The lowest BCUT2D eigenvalue weighted by Gasteiger charge is -2.31. The molecular formula is C28H26F3N5O3S. The third kappa shape index (κ3) is 6.95. The largest absolute Gasteiger partial charge is 0.457 e. The molecule has 2 heterocycles. The second kappa shape index (κ2) is 11.6. The Labute approximate surface area is 232 Å². The minimum atomic E-state index is -4.51. The number of fused-ring (bicyclic) bond motifs is 1. The van der Waals surface area contributed by atoms with Gasteiger partial charge in [0.25, 0.3) is 5.91 Å². The van der Waals surface area contributed by atoms with E-state index in [0.29, 0.717) is 28.7 Å². The number of rotatable bonds is 7. The van der Waals surface area contributed by atoms with Crippen LogP contribution in [0, 0.1) is 0 Å². The molecule has 0 radical (unpaired) electrons. The lowest BCUT2D eigenvalue weighted by Crippen LogP contribution is -2.47. The van der Waals surface area contributed by atoms with Crippen LogP contribution in [0.1, 0.15) is 15.9 Å². The van der Waals surface area contributed by atoms with E-state index >= 15 is 0 Å². The molecule has 1 saturated heterocycles. The highest BCUT2D eigenvalue weighted by Gasteiger charge is 2.30. The molecule has 0 spiro atoms. The Morgan fingerprint density at radius 3 is 2.48 bits per heavy atom. The molecule has 12 heteroatoms. The lowest BCUT2D eigenvalue weighted by molar-refractivity contribution is -0.137. The molecule has 0 aliphatic carbocycles. The van der Waals surface area contributed by atoms with Gasteiger partial charge in [-0.2, -0.15) is 13.2 Å². The van der Waals surface area contributed by atoms with Gasteiger partial charge in [0.1, 0.15) is 11.5 Å².